The lowest BCUT2D eigenvalue weighted by atomic mass is 9.64. The fraction of sp³-hybridized carbons (Fsp3) is 0.562. The monoisotopic (exact) mass is 279 g/mol. The molecule has 0 amide bonds. The average Bonchev–Trinajstić information content (AvgIpc) is 2.36. The van der Waals surface area contributed by atoms with Crippen LogP contribution in [0.1, 0.15) is 45.1 Å². The van der Waals surface area contributed by atoms with Gasteiger partial charge in [0.05, 0.1) is 11.5 Å². The van der Waals surface area contributed by atoms with E-state index in [0.29, 0.717) is 16.9 Å². The first-order valence-corrected chi connectivity index (χ1v) is 7.09. The Morgan fingerprint density at radius 2 is 1.89 bits per heavy atom. The molecule has 0 aromatic heterocycles. The van der Waals surface area contributed by atoms with E-state index in [1.54, 1.807) is 6.07 Å². The van der Waals surface area contributed by atoms with E-state index in [4.69, 9.17) is 11.6 Å². The minimum atomic E-state index is -0.336. The quantitative estimate of drug-likeness (QED) is 0.736. The molecular formula is C16H19ClFN. The number of halogens is 2. The summed E-state index contributed by atoms with van der Waals surface area (Å²) in [7, 11) is 0. The second kappa shape index (κ2) is 5.13. The Bertz CT molecular complexity index is 506. The first kappa shape index (κ1) is 14.3. The van der Waals surface area contributed by atoms with Crippen LogP contribution in [0.2, 0.25) is 5.02 Å². The predicted molar refractivity (Wildman–Crippen MR) is 75.4 cm³/mol. The summed E-state index contributed by atoms with van der Waals surface area (Å²) in [4.78, 5) is 0. The zero-order chi connectivity index (χ0) is 14.1. The molecule has 0 saturated heterocycles. The van der Waals surface area contributed by atoms with Gasteiger partial charge in [-0.15, -0.1) is 0 Å². The molecule has 1 saturated carbocycles. The Kier molecular flexibility index (Phi) is 3.87. The van der Waals surface area contributed by atoms with Gasteiger partial charge in [-0.25, -0.2) is 4.39 Å². The SMILES string of the molecule is CC1(C)CCC(C#N)(Cc2ccc(F)cc2Cl)CC1. The smallest absolute Gasteiger partial charge is 0.124 e. The van der Waals surface area contributed by atoms with Crippen molar-refractivity contribution in [2.24, 2.45) is 10.8 Å². The maximum absolute atomic E-state index is 13.1. The van der Waals surface area contributed by atoms with Crippen LogP contribution in [0.3, 0.4) is 0 Å². The van der Waals surface area contributed by atoms with Crippen LogP contribution >= 0.6 is 11.6 Å². The molecule has 19 heavy (non-hydrogen) atoms. The number of hydrogen-bond acceptors (Lipinski definition) is 1. The lowest BCUT2D eigenvalue weighted by Gasteiger charge is -2.39. The van der Waals surface area contributed by atoms with Gasteiger partial charge in [0.15, 0.2) is 0 Å². The molecule has 0 unspecified atom stereocenters. The number of rotatable bonds is 2. The van der Waals surface area contributed by atoms with Gasteiger partial charge in [0.25, 0.3) is 0 Å². The molecule has 0 atom stereocenters. The van der Waals surface area contributed by atoms with Crippen molar-refractivity contribution in [2.75, 3.05) is 0 Å². The largest absolute Gasteiger partial charge is 0.207 e. The van der Waals surface area contributed by atoms with Crippen molar-refractivity contribution in [3.63, 3.8) is 0 Å². The van der Waals surface area contributed by atoms with Crippen molar-refractivity contribution in [3.8, 4) is 6.07 Å². The van der Waals surface area contributed by atoms with E-state index in [1.165, 1.54) is 12.1 Å². The van der Waals surface area contributed by atoms with Crippen molar-refractivity contribution in [2.45, 2.75) is 46.0 Å². The van der Waals surface area contributed by atoms with E-state index in [-0.39, 0.29) is 11.2 Å². The molecule has 1 fully saturated rings. The van der Waals surface area contributed by atoms with E-state index < -0.39 is 0 Å². The summed E-state index contributed by atoms with van der Waals surface area (Å²) < 4.78 is 13.1. The summed E-state index contributed by atoms with van der Waals surface area (Å²) in [5, 5.41) is 9.98. The minimum Gasteiger partial charge on any atom is -0.207 e. The molecule has 0 bridgehead atoms. The Labute approximate surface area is 119 Å². The Hall–Kier alpha value is -1.07. The normalized spacial score (nSPS) is 20.8. The number of hydrogen-bond donors (Lipinski definition) is 0. The van der Waals surface area contributed by atoms with E-state index in [2.05, 4.69) is 19.9 Å². The highest BCUT2D eigenvalue weighted by Crippen LogP contribution is 2.46. The third kappa shape index (κ3) is 3.28. The summed E-state index contributed by atoms with van der Waals surface area (Å²) >= 11 is 6.07. The molecule has 2 rings (SSSR count). The number of benzene rings is 1. The highest BCUT2D eigenvalue weighted by atomic mass is 35.5. The van der Waals surface area contributed by atoms with E-state index >= 15 is 0 Å². The third-order valence-electron chi connectivity index (χ3n) is 4.34. The highest BCUT2D eigenvalue weighted by Gasteiger charge is 2.38. The second-order valence-corrected chi connectivity index (χ2v) is 6.88. The molecule has 0 heterocycles. The number of nitrogens with zero attached hydrogens (tertiary/aromatic N) is 1. The Balaban J connectivity index is 2.18. The molecule has 1 aromatic carbocycles. The zero-order valence-electron chi connectivity index (χ0n) is 11.5. The van der Waals surface area contributed by atoms with Crippen LogP contribution in [-0.2, 0) is 6.42 Å². The molecular weight excluding hydrogens is 261 g/mol. The van der Waals surface area contributed by atoms with Gasteiger partial charge in [0.1, 0.15) is 5.82 Å². The second-order valence-electron chi connectivity index (χ2n) is 6.47. The lowest BCUT2D eigenvalue weighted by molar-refractivity contribution is 0.146. The van der Waals surface area contributed by atoms with Gasteiger partial charge in [0.2, 0.25) is 0 Å². The van der Waals surface area contributed by atoms with Crippen LogP contribution in [0.5, 0.6) is 0 Å². The molecule has 1 aromatic rings. The topological polar surface area (TPSA) is 23.8 Å². The van der Waals surface area contributed by atoms with Crippen molar-refractivity contribution in [1.29, 1.82) is 5.26 Å². The van der Waals surface area contributed by atoms with Crippen LogP contribution in [0.4, 0.5) is 4.39 Å². The molecule has 1 nitrogen and oxygen atoms in total. The standard InChI is InChI=1S/C16H19ClFN/c1-15(2)5-7-16(11-19,8-6-15)10-12-3-4-13(18)9-14(12)17/h3-4,9H,5-8,10H2,1-2H3. The van der Waals surface area contributed by atoms with Crippen LogP contribution in [-0.4, -0.2) is 0 Å². The van der Waals surface area contributed by atoms with Crippen LogP contribution < -0.4 is 0 Å². The van der Waals surface area contributed by atoms with Crippen molar-refractivity contribution in [1.82, 2.24) is 0 Å². The van der Waals surface area contributed by atoms with E-state index in [9.17, 15) is 9.65 Å². The first-order chi connectivity index (χ1) is 8.86. The predicted octanol–water partition coefficient (Wildman–Crippen LogP) is 5.13. The van der Waals surface area contributed by atoms with Gasteiger partial charge in [-0.2, -0.15) is 5.26 Å². The Morgan fingerprint density at radius 3 is 2.42 bits per heavy atom. The maximum Gasteiger partial charge on any atom is 0.124 e. The fourth-order valence-corrected chi connectivity index (χ4v) is 3.00. The molecule has 0 radical (unpaired) electrons. The van der Waals surface area contributed by atoms with Gasteiger partial charge in [-0.3, -0.25) is 0 Å². The van der Waals surface area contributed by atoms with Gasteiger partial charge in [-0.05, 0) is 55.2 Å². The lowest BCUT2D eigenvalue weighted by Crippen LogP contribution is -2.32. The van der Waals surface area contributed by atoms with Gasteiger partial charge in [0, 0.05) is 5.02 Å². The van der Waals surface area contributed by atoms with E-state index in [0.717, 1.165) is 31.2 Å². The molecule has 1 aliphatic rings. The Morgan fingerprint density at radius 1 is 1.26 bits per heavy atom. The summed E-state index contributed by atoms with van der Waals surface area (Å²) in [6.45, 7) is 4.50. The summed E-state index contributed by atoms with van der Waals surface area (Å²) in [5.74, 6) is -0.329. The summed E-state index contributed by atoms with van der Waals surface area (Å²) in [6.07, 6.45) is 4.52. The summed E-state index contributed by atoms with van der Waals surface area (Å²) in [6, 6.07) is 6.94. The molecule has 0 spiro atoms. The van der Waals surface area contributed by atoms with Gasteiger partial charge in [-0.1, -0.05) is 31.5 Å². The first-order valence-electron chi connectivity index (χ1n) is 6.71. The third-order valence-corrected chi connectivity index (χ3v) is 4.69. The maximum atomic E-state index is 13.1. The average molecular weight is 280 g/mol. The zero-order valence-corrected chi connectivity index (χ0v) is 12.2. The van der Waals surface area contributed by atoms with Crippen molar-refractivity contribution < 1.29 is 4.39 Å². The molecule has 3 heteroatoms. The van der Waals surface area contributed by atoms with Crippen LogP contribution in [0.25, 0.3) is 0 Å². The summed E-state index contributed by atoms with van der Waals surface area (Å²) in [5.41, 5.74) is 0.869. The van der Waals surface area contributed by atoms with Gasteiger partial charge < -0.3 is 0 Å². The van der Waals surface area contributed by atoms with Crippen molar-refractivity contribution in [3.05, 3.63) is 34.6 Å². The molecule has 0 aliphatic heterocycles. The van der Waals surface area contributed by atoms with Gasteiger partial charge >= 0.3 is 0 Å². The fourth-order valence-electron chi connectivity index (χ4n) is 2.76. The van der Waals surface area contributed by atoms with Crippen LogP contribution in [0.15, 0.2) is 18.2 Å². The molecule has 102 valence electrons. The molecule has 0 N–H and O–H groups in total. The van der Waals surface area contributed by atoms with Crippen LogP contribution in [0, 0.1) is 28.0 Å². The minimum absolute atomic E-state index is 0.326. The van der Waals surface area contributed by atoms with E-state index in [1.807, 2.05) is 0 Å². The highest BCUT2D eigenvalue weighted by molar-refractivity contribution is 6.31. The van der Waals surface area contributed by atoms with Crippen molar-refractivity contribution >= 4 is 11.6 Å². The molecule has 1 aliphatic carbocycles. The number of nitriles is 1.